The van der Waals surface area contributed by atoms with E-state index < -0.39 is 0 Å². The van der Waals surface area contributed by atoms with Crippen molar-refractivity contribution in [3.63, 3.8) is 0 Å². The lowest BCUT2D eigenvalue weighted by atomic mass is 10.2. The first-order valence-electron chi connectivity index (χ1n) is 5.64. The van der Waals surface area contributed by atoms with E-state index in [-0.39, 0.29) is 12.0 Å². The van der Waals surface area contributed by atoms with E-state index in [1.54, 1.807) is 12.3 Å². The molecule has 8 nitrogen and oxygen atoms in total. The Morgan fingerprint density at radius 3 is 2.15 bits per heavy atom. The van der Waals surface area contributed by atoms with Gasteiger partial charge in [0, 0.05) is 12.3 Å². The first-order chi connectivity index (χ1) is 9.71. The fourth-order valence-electron chi connectivity index (χ4n) is 1.52. The third kappa shape index (κ3) is 2.68. The van der Waals surface area contributed by atoms with Gasteiger partial charge in [0.25, 0.3) is 0 Å². The summed E-state index contributed by atoms with van der Waals surface area (Å²) in [7, 11) is 5.96. The van der Waals surface area contributed by atoms with Crippen LogP contribution in [0.1, 0.15) is 0 Å². The van der Waals surface area contributed by atoms with Crippen molar-refractivity contribution < 1.29 is 18.9 Å². The summed E-state index contributed by atoms with van der Waals surface area (Å²) in [5.41, 5.74) is 1.10. The molecule has 0 aliphatic carbocycles. The highest BCUT2D eigenvalue weighted by atomic mass is 16.5. The molecule has 0 fully saturated rings. The highest BCUT2D eigenvalue weighted by Crippen LogP contribution is 2.30. The van der Waals surface area contributed by atoms with Crippen molar-refractivity contribution in [2.45, 2.75) is 0 Å². The normalized spacial score (nSPS) is 10.0. The van der Waals surface area contributed by atoms with E-state index in [2.05, 4.69) is 19.9 Å². The first-order valence-corrected chi connectivity index (χ1v) is 5.64. The van der Waals surface area contributed by atoms with Gasteiger partial charge >= 0.3 is 12.0 Å². The minimum Gasteiger partial charge on any atom is -0.481 e. The summed E-state index contributed by atoms with van der Waals surface area (Å²) in [5.74, 6) is 0.698. The molecule has 0 aliphatic rings. The first kappa shape index (κ1) is 13.8. The van der Waals surface area contributed by atoms with E-state index in [9.17, 15) is 0 Å². The Bertz CT molecular complexity index is 584. The highest BCUT2D eigenvalue weighted by molar-refractivity contribution is 5.65. The van der Waals surface area contributed by atoms with Gasteiger partial charge in [-0.15, -0.1) is 0 Å². The molecule has 0 aromatic carbocycles. The van der Waals surface area contributed by atoms with E-state index in [0.29, 0.717) is 23.0 Å². The van der Waals surface area contributed by atoms with Crippen molar-refractivity contribution >= 4 is 0 Å². The third-order valence-corrected chi connectivity index (χ3v) is 2.46. The van der Waals surface area contributed by atoms with Gasteiger partial charge in [0.15, 0.2) is 0 Å². The maximum Gasteiger partial charge on any atom is 0.320 e. The topological polar surface area (TPSA) is 88.5 Å². The molecule has 20 heavy (non-hydrogen) atoms. The summed E-state index contributed by atoms with van der Waals surface area (Å²) < 4.78 is 20.3. The van der Waals surface area contributed by atoms with Crippen LogP contribution in [-0.2, 0) is 0 Å². The van der Waals surface area contributed by atoms with Crippen LogP contribution in [0.15, 0.2) is 12.3 Å². The van der Waals surface area contributed by atoms with Crippen molar-refractivity contribution in [1.29, 1.82) is 0 Å². The zero-order valence-electron chi connectivity index (χ0n) is 11.6. The van der Waals surface area contributed by atoms with Crippen molar-refractivity contribution in [3.8, 4) is 35.0 Å². The SMILES string of the molecule is COc1cc(-c2cnc(OC)nc2OC)nc(OC)n1. The summed E-state index contributed by atoms with van der Waals surface area (Å²) in [4.78, 5) is 16.4. The van der Waals surface area contributed by atoms with Crippen molar-refractivity contribution in [1.82, 2.24) is 19.9 Å². The van der Waals surface area contributed by atoms with Crippen LogP contribution in [0.25, 0.3) is 11.3 Å². The molecule has 0 bridgehead atoms. The second-order valence-electron chi connectivity index (χ2n) is 3.56. The van der Waals surface area contributed by atoms with Gasteiger partial charge < -0.3 is 18.9 Å². The van der Waals surface area contributed by atoms with Gasteiger partial charge in [-0.1, -0.05) is 0 Å². The minimum absolute atomic E-state index is 0.178. The fraction of sp³-hybridized carbons (Fsp3) is 0.333. The van der Waals surface area contributed by atoms with Crippen LogP contribution in [0.3, 0.4) is 0 Å². The Hall–Kier alpha value is -2.64. The average Bonchev–Trinajstić information content (AvgIpc) is 2.53. The van der Waals surface area contributed by atoms with Gasteiger partial charge in [-0.3, -0.25) is 0 Å². The molecule has 0 saturated carbocycles. The summed E-state index contributed by atoms with van der Waals surface area (Å²) in [6.07, 6.45) is 1.55. The molecule has 0 unspecified atom stereocenters. The highest BCUT2D eigenvalue weighted by Gasteiger charge is 2.15. The quantitative estimate of drug-likeness (QED) is 0.799. The maximum absolute atomic E-state index is 5.22. The summed E-state index contributed by atoms with van der Waals surface area (Å²) in [5, 5.41) is 0. The van der Waals surface area contributed by atoms with E-state index in [1.807, 2.05) is 0 Å². The molecule has 2 rings (SSSR count). The fourth-order valence-corrected chi connectivity index (χ4v) is 1.52. The summed E-state index contributed by atoms with van der Waals surface area (Å²) >= 11 is 0. The van der Waals surface area contributed by atoms with Gasteiger partial charge in [-0.2, -0.15) is 15.0 Å². The third-order valence-electron chi connectivity index (χ3n) is 2.46. The number of nitrogens with zero attached hydrogens (tertiary/aromatic N) is 4. The molecular formula is C12H14N4O4. The Labute approximate surface area is 115 Å². The van der Waals surface area contributed by atoms with Gasteiger partial charge in [0.2, 0.25) is 11.8 Å². The second-order valence-corrected chi connectivity index (χ2v) is 3.56. The largest absolute Gasteiger partial charge is 0.481 e. The second kappa shape index (κ2) is 6.00. The summed E-state index contributed by atoms with van der Waals surface area (Å²) in [6.45, 7) is 0. The van der Waals surface area contributed by atoms with Crippen molar-refractivity contribution in [3.05, 3.63) is 12.3 Å². The van der Waals surface area contributed by atoms with Crippen molar-refractivity contribution in [2.24, 2.45) is 0 Å². The number of hydrogen-bond donors (Lipinski definition) is 0. The van der Waals surface area contributed by atoms with Crippen LogP contribution in [0, 0.1) is 0 Å². The number of aromatic nitrogens is 4. The van der Waals surface area contributed by atoms with Gasteiger partial charge in [-0.05, 0) is 0 Å². The average molecular weight is 278 g/mol. The Morgan fingerprint density at radius 1 is 0.800 bits per heavy atom. The van der Waals surface area contributed by atoms with Crippen LogP contribution in [0.4, 0.5) is 0 Å². The lowest BCUT2D eigenvalue weighted by Gasteiger charge is -2.09. The zero-order valence-corrected chi connectivity index (χ0v) is 11.6. The molecule has 2 aromatic heterocycles. The van der Waals surface area contributed by atoms with Crippen LogP contribution in [0.2, 0.25) is 0 Å². The molecule has 2 heterocycles. The van der Waals surface area contributed by atoms with E-state index in [4.69, 9.17) is 18.9 Å². The monoisotopic (exact) mass is 278 g/mol. The standard InChI is InChI=1S/C12H14N4O4/c1-17-9-5-8(14-12(15-9)20-4)7-6-13-11(19-3)16-10(7)18-2/h5-6H,1-4H3. The smallest absolute Gasteiger partial charge is 0.320 e. The van der Waals surface area contributed by atoms with E-state index >= 15 is 0 Å². The van der Waals surface area contributed by atoms with Gasteiger partial charge in [-0.25, -0.2) is 4.98 Å². The lowest BCUT2D eigenvalue weighted by molar-refractivity contribution is 0.350. The van der Waals surface area contributed by atoms with Crippen molar-refractivity contribution in [2.75, 3.05) is 28.4 Å². The van der Waals surface area contributed by atoms with Crippen LogP contribution in [0.5, 0.6) is 23.8 Å². The summed E-state index contributed by atoms with van der Waals surface area (Å²) in [6, 6.07) is 2.02. The molecule has 0 amide bonds. The Balaban J connectivity index is 2.55. The molecule has 2 aromatic rings. The Morgan fingerprint density at radius 2 is 1.55 bits per heavy atom. The van der Waals surface area contributed by atoms with Crippen LogP contribution in [-0.4, -0.2) is 48.4 Å². The number of ether oxygens (including phenoxy) is 4. The minimum atomic E-state index is 0.178. The molecule has 106 valence electrons. The molecular weight excluding hydrogens is 264 g/mol. The van der Waals surface area contributed by atoms with E-state index in [0.717, 1.165) is 0 Å². The predicted molar refractivity (Wildman–Crippen MR) is 69.3 cm³/mol. The van der Waals surface area contributed by atoms with Crippen LogP contribution >= 0.6 is 0 Å². The lowest BCUT2D eigenvalue weighted by Crippen LogP contribution is -2.01. The number of hydrogen-bond acceptors (Lipinski definition) is 8. The predicted octanol–water partition coefficient (Wildman–Crippen LogP) is 0.968. The zero-order chi connectivity index (χ0) is 14.5. The number of rotatable bonds is 5. The number of methoxy groups -OCH3 is 4. The maximum atomic E-state index is 5.22. The molecule has 0 saturated heterocycles. The molecule has 8 heteroatoms. The molecule has 0 N–H and O–H groups in total. The molecule has 0 atom stereocenters. The molecule has 0 aliphatic heterocycles. The van der Waals surface area contributed by atoms with E-state index in [1.165, 1.54) is 28.4 Å². The molecule has 0 spiro atoms. The van der Waals surface area contributed by atoms with Gasteiger partial charge in [0.1, 0.15) is 0 Å². The van der Waals surface area contributed by atoms with Gasteiger partial charge in [0.05, 0.1) is 39.7 Å². The molecule has 0 radical (unpaired) electrons. The van der Waals surface area contributed by atoms with Crippen LogP contribution < -0.4 is 18.9 Å². The Kier molecular flexibility index (Phi) is 4.14.